The van der Waals surface area contributed by atoms with Crippen molar-refractivity contribution >= 4 is 11.6 Å². The number of hydrogen-bond acceptors (Lipinski definition) is 5. The lowest BCUT2D eigenvalue weighted by atomic mass is 10.2. The first-order valence-electron chi connectivity index (χ1n) is 9.09. The number of anilines is 1. The number of carbonyl (C=O) groups is 1. The number of methoxy groups -OCH3 is 2. The molecule has 29 heavy (non-hydrogen) atoms. The van der Waals surface area contributed by atoms with Crippen LogP contribution >= 0.6 is 0 Å². The van der Waals surface area contributed by atoms with E-state index in [0.29, 0.717) is 35.0 Å². The minimum Gasteiger partial charge on any atom is -0.497 e. The molecule has 7 heteroatoms. The molecule has 1 aliphatic rings. The van der Waals surface area contributed by atoms with E-state index in [4.69, 9.17) is 9.47 Å². The molecule has 4 rings (SSSR count). The molecule has 0 spiro atoms. The second-order valence-corrected chi connectivity index (χ2v) is 6.61. The van der Waals surface area contributed by atoms with Crippen LogP contribution in [0.1, 0.15) is 27.8 Å². The van der Waals surface area contributed by atoms with Gasteiger partial charge in [-0.1, -0.05) is 12.1 Å². The van der Waals surface area contributed by atoms with Crippen LogP contribution in [0, 0.1) is 5.82 Å². The maximum absolute atomic E-state index is 13.3. The molecule has 2 heterocycles. The first kappa shape index (κ1) is 18.7. The molecule has 2 aromatic carbocycles. The first-order valence-corrected chi connectivity index (χ1v) is 9.09. The smallest absolute Gasteiger partial charge is 0.258 e. The van der Waals surface area contributed by atoms with Gasteiger partial charge in [-0.15, -0.1) is 0 Å². The van der Waals surface area contributed by atoms with Gasteiger partial charge in [0.2, 0.25) is 0 Å². The van der Waals surface area contributed by atoms with Gasteiger partial charge in [-0.05, 0) is 42.0 Å². The number of nitrogens with zero attached hydrogens (tertiary/aromatic N) is 2. The minimum atomic E-state index is -0.509. The summed E-state index contributed by atoms with van der Waals surface area (Å²) < 4.78 is 24.1. The van der Waals surface area contributed by atoms with Gasteiger partial charge in [0.25, 0.3) is 5.91 Å². The number of hydrogen-bond donors (Lipinski definition) is 1. The molecule has 0 unspecified atom stereocenters. The van der Waals surface area contributed by atoms with Crippen LogP contribution in [0.15, 0.2) is 60.8 Å². The number of amides is 1. The van der Waals surface area contributed by atoms with Crippen LogP contribution in [-0.2, 0) is 6.54 Å². The van der Waals surface area contributed by atoms with Gasteiger partial charge < -0.3 is 19.7 Å². The number of rotatable bonds is 6. The van der Waals surface area contributed by atoms with Crippen molar-refractivity contribution in [3.05, 3.63) is 83.4 Å². The molecule has 6 nitrogen and oxygen atoms in total. The summed E-state index contributed by atoms with van der Waals surface area (Å²) in [6.07, 6.45) is 1.15. The van der Waals surface area contributed by atoms with Crippen LogP contribution < -0.4 is 14.8 Å². The highest BCUT2D eigenvalue weighted by atomic mass is 19.1. The normalized spacial score (nSPS) is 15.2. The monoisotopic (exact) mass is 393 g/mol. The SMILES string of the molecule is COc1ccc(OC)c(N[C@H]2c3ncccc3C(=O)N2Cc2ccc(F)cc2)c1. The van der Waals surface area contributed by atoms with Gasteiger partial charge >= 0.3 is 0 Å². The van der Waals surface area contributed by atoms with E-state index in [1.807, 2.05) is 0 Å². The zero-order valence-corrected chi connectivity index (χ0v) is 16.1. The fourth-order valence-corrected chi connectivity index (χ4v) is 3.41. The molecule has 1 amide bonds. The number of ether oxygens (including phenoxy) is 2. The van der Waals surface area contributed by atoms with Crippen molar-refractivity contribution < 1.29 is 18.7 Å². The largest absolute Gasteiger partial charge is 0.497 e. The van der Waals surface area contributed by atoms with E-state index in [2.05, 4.69) is 10.3 Å². The summed E-state index contributed by atoms with van der Waals surface area (Å²) in [4.78, 5) is 19.2. The maximum Gasteiger partial charge on any atom is 0.258 e. The molecule has 1 atom stereocenters. The van der Waals surface area contributed by atoms with Gasteiger partial charge in [0.05, 0.1) is 31.2 Å². The molecule has 1 N–H and O–H groups in total. The predicted molar refractivity (Wildman–Crippen MR) is 106 cm³/mol. The zero-order chi connectivity index (χ0) is 20.4. The standard InChI is InChI=1S/C22H20FN3O3/c1-28-16-9-10-19(29-2)18(12-16)25-21-20-17(4-3-11-24-20)22(27)26(21)13-14-5-7-15(23)8-6-14/h3-12,21,25H,13H2,1-2H3/t21-/m1/s1. The summed E-state index contributed by atoms with van der Waals surface area (Å²) in [5.41, 5.74) is 2.66. The first-order chi connectivity index (χ1) is 14.1. The van der Waals surface area contributed by atoms with Gasteiger partial charge in [0, 0.05) is 18.8 Å². The third-order valence-electron chi connectivity index (χ3n) is 4.87. The highest BCUT2D eigenvalue weighted by Gasteiger charge is 2.38. The molecule has 0 radical (unpaired) electrons. The molecular weight excluding hydrogens is 373 g/mol. The third-order valence-corrected chi connectivity index (χ3v) is 4.87. The van der Waals surface area contributed by atoms with Crippen molar-refractivity contribution in [3.63, 3.8) is 0 Å². The number of halogens is 1. The van der Waals surface area contributed by atoms with E-state index in [0.717, 1.165) is 5.56 Å². The Balaban J connectivity index is 1.71. The minimum absolute atomic E-state index is 0.142. The van der Waals surface area contributed by atoms with E-state index < -0.39 is 6.17 Å². The highest BCUT2D eigenvalue weighted by molar-refractivity contribution is 5.99. The fraction of sp³-hybridized carbons (Fsp3) is 0.182. The van der Waals surface area contributed by atoms with Crippen molar-refractivity contribution in [2.75, 3.05) is 19.5 Å². The van der Waals surface area contributed by atoms with Crippen LogP contribution in [0.2, 0.25) is 0 Å². The number of nitrogens with one attached hydrogen (secondary N) is 1. The topological polar surface area (TPSA) is 63.7 Å². The predicted octanol–water partition coefficient (Wildman–Crippen LogP) is 4.00. The molecular formula is C22H20FN3O3. The number of aromatic nitrogens is 1. The van der Waals surface area contributed by atoms with Crippen molar-refractivity contribution in [1.82, 2.24) is 9.88 Å². The summed E-state index contributed by atoms with van der Waals surface area (Å²) in [5, 5.41) is 3.37. The van der Waals surface area contributed by atoms with E-state index in [1.165, 1.54) is 12.1 Å². The fourth-order valence-electron chi connectivity index (χ4n) is 3.41. The van der Waals surface area contributed by atoms with Gasteiger partial charge in [-0.2, -0.15) is 0 Å². The van der Waals surface area contributed by atoms with Crippen LogP contribution in [0.4, 0.5) is 10.1 Å². The Morgan fingerprint density at radius 1 is 1.10 bits per heavy atom. The summed E-state index contributed by atoms with van der Waals surface area (Å²) in [6.45, 7) is 0.305. The molecule has 1 aromatic heterocycles. The molecule has 0 saturated carbocycles. The van der Waals surface area contributed by atoms with E-state index in [1.54, 1.807) is 67.8 Å². The van der Waals surface area contributed by atoms with Gasteiger partial charge in [0.1, 0.15) is 23.5 Å². The average molecular weight is 393 g/mol. The van der Waals surface area contributed by atoms with E-state index >= 15 is 0 Å². The lowest BCUT2D eigenvalue weighted by Crippen LogP contribution is -2.32. The van der Waals surface area contributed by atoms with Crippen LogP contribution in [0.3, 0.4) is 0 Å². The second-order valence-electron chi connectivity index (χ2n) is 6.61. The Morgan fingerprint density at radius 2 is 1.90 bits per heavy atom. The number of pyridine rings is 1. The number of carbonyl (C=O) groups excluding carboxylic acids is 1. The summed E-state index contributed by atoms with van der Waals surface area (Å²) in [7, 11) is 3.16. The molecule has 0 bridgehead atoms. The Labute approximate surface area is 167 Å². The Morgan fingerprint density at radius 3 is 2.62 bits per heavy atom. The average Bonchev–Trinajstić information content (AvgIpc) is 3.01. The van der Waals surface area contributed by atoms with Gasteiger partial charge in [-0.25, -0.2) is 4.39 Å². The van der Waals surface area contributed by atoms with Crippen molar-refractivity contribution in [1.29, 1.82) is 0 Å². The quantitative estimate of drug-likeness (QED) is 0.686. The van der Waals surface area contributed by atoms with Crippen molar-refractivity contribution in [2.45, 2.75) is 12.7 Å². The molecule has 3 aromatic rings. The molecule has 148 valence electrons. The highest BCUT2D eigenvalue weighted by Crippen LogP contribution is 2.38. The molecule has 0 fully saturated rings. The third kappa shape index (κ3) is 3.59. The number of benzene rings is 2. The number of fused-ring (bicyclic) bond motifs is 1. The maximum atomic E-state index is 13.3. The summed E-state index contributed by atoms with van der Waals surface area (Å²) in [6, 6.07) is 15.0. The van der Waals surface area contributed by atoms with Gasteiger partial charge in [0.15, 0.2) is 0 Å². The van der Waals surface area contributed by atoms with E-state index in [9.17, 15) is 9.18 Å². The van der Waals surface area contributed by atoms with Crippen LogP contribution in [0.25, 0.3) is 0 Å². The Hall–Kier alpha value is -3.61. The lowest BCUT2D eigenvalue weighted by molar-refractivity contribution is 0.0727. The van der Waals surface area contributed by atoms with Gasteiger partial charge in [-0.3, -0.25) is 9.78 Å². The van der Waals surface area contributed by atoms with E-state index in [-0.39, 0.29) is 11.7 Å². The second kappa shape index (κ2) is 7.79. The molecule has 1 aliphatic heterocycles. The summed E-state index contributed by atoms with van der Waals surface area (Å²) >= 11 is 0. The molecule has 0 saturated heterocycles. The van der Waals surface area contributed by atoms with Crippen LogP contribution in [-0.4, -0.2) is 30.0 Å². The van der Waals surface area contributed by atoms with Crippen molar-refractivity contribution in [2.24, 2.45) is 0 Å². The van der Waals surface area contributed by atoms with Crippen molar-refractivity contribution in [3.8, 4) is 11.5 Å². The lowest BCUT2D eigenvalue weighted by Gasteiger charge is -2.27. The zero-order valence-electron chi connectivity index (χ0n) is 16.1. The Bertz CT molecular complexity index is 1040. The molecule has 0 aliphatic carbocycles. The summed E-state index contributed by atoms with van der Waals surface area (Å²) in [5.74, 6) is 0.812. The van der Waals surface area contributed by atoms with Crippen LogP contribution in [0.5, 0.6) is 11.5 Å². The Kier molecular flexibility index (Phi) is 5.03.